The van der Waals surface area contributed by atoms with Gasteiger partial charge in [0.2, 0.25) is 0 Å². The number of aromatic nitrogens is 2. The average molecular weight is 317 g/mol. The molecule has 0 saturated heterocycles. The van der Waals surface area contributed by atoms with E-state index < -0.39 is 6.09 Å². The van der Waals surface area contributed by atoms with Crippen LogP contribution in [-0.2, 0) is 11.3 Å². The first kappa shape index (κ1) is 14.6. The van der Waals surface area contributed by atoms with Crippen LogP contribution < -0.4 is 0 Å². The molecule has 6 nitrogen and oxygen atoms in total. The number of carboxylic acid groups (broad SMARTS) is 1. The summed E-state index contributed by atoms with van der Waals surface area (Å²) in [7, 11) is 0. The quantitative estimate of drug-likeness (QED) is 0.850. The molecule has 7 heteroatoms. The third-order valence-electron chi connectivity index (χ3n) is 3.64. The van der Waals surface area contributed by atoms with Crippen molar-refractivity contribution in [1.29, 1.82) is 0 Å². The first-order chi connectivity index (χ1) is 10.6. The second kappa shape index (κ2) is 6.23. The van der Waals surface area contributed by atoms with E-state index in [1.807, 2.05) is 30.3 Å². The van der Waals surface area contributed by atoms with Crippen molar-refractivity contribution in [1.82, 2.24) is 15.1 Å². The summed E-state index contributed by atoms with van der Waals surface area (Å²) in [5.74, 6) is -0.151. The van der Waals surface area contributed by atoms with Gasteiger partial charge in [-0.1, -0.05) is 30.0 Å². The maximum atomic E-state index is 12.3. The van der Waals surface area contributed by atoms with Crippen LogP contribution in [0.1, 0.15) is 23.6 Å². The number of amides is 1. The van der Waals surface area contributed by atoms with Crippen LogP contribution in [0.4, 0.5) is 4.79 Å². The van der Waals surface area contributed by atoms with Gasteiger partial charge in [-0.2, -0.15) is 5.10 Å². The summed E-state index contributed by atoms with van der Waals surface area (Å²) in [6, 6.07) is 9.44. The zero-order chi connectivity index (χ0) is 15.5. The van der Waals surface area contributed by atoms with E-state index in [2.05, 4.69) is 10.2 Å². The number of benzene rings is 1. The summed E-state index contributed by atoms with van der Waals surface area (Å²) in [5, 5.41) is 16.0. The second-order valence-corrected chi connectivity index (χ2v) is 6.29. The average Bonchev–Trinajstić information content (AvgIpc) is 2.96. The largest absolute Gasteiger partial charge is 0.465 e. The van der Waals surface area contributed by atoms with Gasteiger partial charge >= 0.3 is 6.09 Å². The van der Waals surface area contributed by atoms with Crippen molar-refractivity contribution in [3.63, 3.8) is 0 Å². The Morgan fingerprint density at radius 3 is 2.86 bits per heavy atom. The molecule has 1 aliphatic rings. The van der Waals surface area contributed by atoms with E-state index in [1.54, 1.807) is 6.20 Å². The van der Waals surface area contributed by atoms with Crippen molar-refractivity contribution >= 4 is 23.0 Å². The van der Waals surface area contributed by atoms with Gasteiger partial charge in [0.05, 0.1) is 18.4 Å². The van der Waals surface area contributed by atoms with Crippen molar-refractivity contribution in [3.8, 4) is 0 Å². The Bertz CT molecular complexity index is 686. The van der Waals surface area contributed by atoms with E-state index in [0.717, 1.165) is 16.2 Å². The third-order valence-corrected chi connectivity index (χ3v) is 4.54. The van der Waals surface area contributed by atoms with Gasteiger partial charge in [0.1, 0.15) is 0 Å². The first-order valence-corrected chi connectivity index (χ1v) is 7.71. The Morgan fingerprint density at radius 1 is 1.36 bits per heavy atom. The number of nitrogens with one attached hydrogen (secondary N) is 1. The molecular formula is C15H15N3O3S. The number of carbonyl (C=O) groups excluding carboxylic acids is 1. The molecule has 1 atom stereocenters. The van der Waals surface area contributed by atoms with Crippen molar-refractivity contribution in [3.05, 3.63) is 47.8 Å². The number of fused-ring (bicyclic) bond motifs is 1. The molecule has 1 aliphatic heterocycles. The van der Waals surface area contributed by atoms with Crippen LogP contribution in [0.3, 0.4) is 0 Å². The van der Waals surface area contributed by atoms with E-state index in [0.29, 0.717) is 13.1 Å². The molecule has 22 heavy (non-hydrogen) atoms. The fourth-order valence-electron chi connectivity index (χ4n) is 2.60. The lowest BCUT2D eigenvalue weighted by Gasteiger charge is -2.29. The Morgan fingerprint density at radius 2 is 2.14 bits per heavy atom. The molecule has 0 radical (unpaired) electrons. The highest BCUT2D eigenvalue weighted by Crippen LogP contribution is 2.32. The third kappa shape index (κ3) is 3.14. The van der Waals surface area contributed by atoms with E-state index in [4.69, 9.17) is 0 Å². The number of aromatic amines is 1. The van der Waals surface area contributed by atoms with Crippen molar-refractivity contribution in [2.24, 2.45) is 0 Å². The minimum atomic E-state index is -0.978. The zero-order valence-electron chi connectivity index (χ0n) is 11.7. The highest BCUT2D eigenvalue weighted by molar-refractivity contribution is 8.13. The summed E-state index contributed by atoms with van der Waals surface area (Å²) in [6.07, 6.45) is 1.00. The van der Waals surface area contributed by atoms with Gasteiger partial charge in [-0.25, -0.2) is 4.79 Å². The molecule has 0 spiro atoms. The van der Waals surface area contributed by atoms with Crippen molar-refractivity contribution in [2.45, 2.75) is 23.8 Å². The van der Waals surface area contributed by atoms with Crippen molar-refractivity contribution in [2.75, 3.05) is 6.54 Å². The van der Waals surface area contributed by atoms with Gasteiger partial charge in [0.15, 0.2) is 5.12 Å². The van der Waals surface area contributed by atoms with Crippen LogP contribution in [0.15, 0.2) is 41.4 Å². The Labute approximate surface area is 131 Å². The molecule has 0 fully saturated rings. The number of rotatable bonds is 3. The summed E-state index contributed by atoms with van der Waals surface area (Å²) < 4.78 is 0. The highest BCUT2D eigenvalue weighted by Gasteiger charge is 2.31. The Kier molecular flexibility index (Phi) is 4.15. The first-order valence-electron chi connectivity index (χ1n) is 6.89. The molecule has 1 aromatic carbocycles. The molecule has 0 bridgehead atoms. The van der Waals surface area contributed by atoms with E-state index in [1.165, 1.54) is 16.7 Å². The van der Waals surface area contributed by atoms with Crippen LogP contribution >= 0.6 is 11.8 Å². The molecule has 2 aromatic rings. The lowest BCUT2D eigenvalue weighted by molar-refractivity contribution is -0.111. The summed E-state index contributed by atoms with van der Waals surface area (Å²) >= 11 is 1.19. The molecule has 114 valence electrons. The van der Waals surface area contributed by atoms with Crippen LogP contribution in [-0.4, -0.2) is 38.0 Å². The number of hydrogen-bond donors (Lipinski definition) is 2. The Hall–Kier alpha value is -2.28. The van der Waals surface area contributed by atoms with Crippen molar-refractivity contribution < 1.29 is 14.7 Å². The van der Waals surface area contributed by atoms with Gasteiger partial charge in [0, 0.05) is 29.3 Å². The zero-order valence-corrected chi connectivity index (χ0v) is 12.5. The van der Waals surface area contributed by atoms with E-state index in [-0.39, 0.29) is 17.5 Å². The van der Waals surface area contributed by atoms with Crippen LogP contribution in [0.5, 0.6) is 0 Å². The van der Waals surface area contributed by atoms with Crippen LogP contribution in [0.2, 0.25) is 0 Å². The molecule has 0 aliphatic carbocycles. The predicted molar refractivity (Wildman–Crippen MR) is 81.7 cm³/mol. The number of carbonyl (C=O) groups is 2. The molecule has 2 heterocycles. The molecule has 3 rings (SSSR count). The van der Waals surface area contributed by atoms with Crippen LogP contribution in [0.25, 0.3) is 0 Å². The molecular weight excluding hydrogens is 302 g/mol. The van der Waals surface area contributed by atoms with Gasteiger partial charge in [-0.05, 0) is 12.1 Å². The molecule has 0 saturated carbocycles. The topological polar surface area (TPSA) is 86.3 Å². The number of H-pyrrole nitrogens is 1. The van der Waals surface area contributed by atoms with Gasteiger partial charge in [0.25, 0.3) is 0 Å². The SMILES string of the molecule is O=C(CC1CN(C(=O)O)Cc2[nH]ncc21)Sc1ccccc1. The summed E-state index contributed by atoms with van der Waals surface area (Å²) in [4.78, 5) is 25.7. The minimum Gasteiger partial charge on any atom is -0.465 e. The van der Waals surface area contributed by atoms with Gasteiger partial charge in [-0.15, -0.1) is 0 Å². The molecule has 2 N–H and O–H groups in total. The summed E-state index contributed by atoms with van der Waals surface area (Å²) in [5.41, 5.74) is 1.72. The monoisotopic (exact) mass is 317 g/mol. The summed E-state index contributed by atoms with van der Waals surface area (Å²) in [6.45, 7) is 0.615. The van der Waals surface area contributed by atoms with Crippen LogP contribution in [0, 0.1) is 0 Å². The molecule has 1 unspecified atom stereocenters. The lowest BCUT2D eigenvalue weighted by Crippen LogP contribution is -2.37. The van der Waals surface area contributed by atoms with Gasteiger partial charge < -0.3 is 10.0 Å². The molecule has 1 aromatic heterocycles. The molecule has 1 amide bonds. The second-order valence-electron chi connectivity index (χ2n) is 5.16. The minimum absolute atomic E-state index is 0.0237. The standard InChI is InChI=1S/C15H15N3O3S/c19-14(22-11-4-2-1-3-5-11)6-10-8-18(15(20)21)9-13-12(10)7-16-17-13/h1-5,7,10H,6,8-9H2,(H,16,17)(H,20,21). The van der Waals surface area contributed by atoms with E-state index >= 15 is 0 Å². The maximum Gasteiger partial charge on any atom is 0.407 e. The smallest absolute Gasteiger partial charge is 0.407 e. The predicted octanol–water partition coefficient (Wildman–Crippen LogP) is 2.70. The number of thioether (sulfide) groups is 1. The maximum absolute atomic E-state index is 12.3. The number of hydrogen-bond acceptors (Lipinski definition) is 4. The fraction of sp³-hybridized carbons (Fsp3) is 0.267. The lowest BCUT2D eigenvalue weighted by atomic mass is 9.93. The van der Waals surface area contributed by atoms with E-state index in [9.17, 15) is 14.7 Å². The fourth-order valence-corrected chi connectivity index (χ4v) is 3.44. The van der Waals surface area contributed by atoms with Gasteiger partial charge in [-0.3, -0.25) is 9.89 Å². The Balaban J connectivity index is 1.71. The highest BCUT2D eigenvalue weighted by atomic mass is 32.2. The normalized spacial score (nSPS) is 17.1. The number of nitrogens with zero attached hydrogens (tertiary/aromatic N) is 2.